The first-order valence-corrected chi connectivity index (χ1v) is 13.6. The molecule has 0 aromatic carbocycles. The van der Waals surface area contributed by atoms with Gasteiger partial charge < -0.3 is 29.5 Å². The molecule has 0 fully saturated rings. The summed E-state index contributed by atoms with van der Waals surface area (Å²) in [7, 11) is -4.77. The Morgan fingerprint density at radius 3 is 1.94 bits per heavy atom. The van der Waals surface area contributed by atoms with Crippen molar-refractivity contribution in [3.8, 4) is 0 Å². The monoisotopic (exact) mass is 532 g/mol. The third kappa shape index (κ3) is 22.4. The van der Waals surface area contributed by atoms with Gasteiger partial charge in [-0.05, 0) is 44.9 Å². The van der Waals surface area contributed by atoms with Crippen molar-refractivity contribution in [2.75, 3.05) is 13.2 Å². The molecule has 0 saturated heterocycles. The van der Waals surface area contributed by atoms with Crippen LogP contribution in [-0.4, -0.2) is 63.5 Å². The maximum absolute atomic E-state index is 11.9. The first-order valence-electron chi connectivity index (χ1n) is 12.0. The number of hydrogen-bond donors (Lipinski definition) is 4. The average Bonchev–Trinajstić information content (AvgIpc) is 2.80. The van der Waals surface area contributed by atoms with Crippen LogP contribution in [0.4, 0.5) is 0 Å². The number of phosphoric acid groups is 1. The fourth-order valence-corrected chi connectivity index (χ4v) is 3.17. The highest BCUT2D eigenvalue weighted by atomic mass is 31.2. The van der Waals surface area contributed by atoms with Crippen LogP contribution in [0.3, 0.4) is 0 Å². The van der Waals surface area contributed by atoms with Crippen LogP contribution in [0.2, 0.25) is 0 Å². The lowest BCUT2D eigenvalue weighted by atomic mass is 10.0. The second kappa shape index (κ2) is 21.1. The van der Waals surface area contributed by atoms with E-state index < -0.39 is 51.3 Å². The Morgan fingerprint density at radius 2 is 1.42 bits per heavy atom. The molecule has 36 heavy (non-hydrogen) atoms. The van der Waals surface area contributed by atoms with Gasteiger partial charge in [0.2, 0.25) is 0 Å². The van der Waals surface area contributed by atoms with Gasteiger partial charge in [0.15, 0.2) is 6.10 Å². The van der Waals surface area contributed by atoms with E-state index in [2.05, 4.69) is 41.8 Å². The van der Waals surface area contributed by atoms with Crippen LogP contribution in [0.5, 0.6) is 0 Å². The minimum absolute atomic E-state index is 0.0557. The summed E-state index contributed by atoms with van der Waals surface area (Å²) in [4.78, 5) is 40.4. The van der Waals surface area contributed by atoms with E-state index in [1.54, 1.807) is 6.08 Å². The van der Waals surface area contributed by atoms with Crippen LogP contribution in [0, 0.1) is 0 Å². The van der Waals surface area contributed by atoms with Gasteiger partial charge >= 0.3 is 19.8 Å². The molecule has 0 bridgehead atoms. The Labute approximate surface area is 213 Å². The molecule has 0 aromatic heterocycles. The van der Waals surface area contributed by atoms with Crippen LogP contribution in [0.1, 0.15) is 65.2 Å². The lowest BCUT2D eigenvalue weighted by Crippen LogP contribution is -2.29. The van der Waals surface area contributed by atoms with E-state index in [1.165, 1.54) is 0 Å². The summed E-state index contributed by atoms with van der Waals surface area (Å²) in [6.07, 6.45) is 17.4. The van der Waals surface area contributed by atoms with Gasteiger partial charge in [0.05, 0.1) is 18.8 Å². The van der Waals surface area contributed by atoms with Crippen LogP contribution in [0.25, 0.3) is 0 Å². The van der Waals surface area contributed by atoms with Crippen LogP contribution < -0.4 is 0 Å². The zero-order valence-electron chi connectivity index (χ0n) is 21.1. The highest BCUT2D eigenvalue weighted by molar-refractivity contribution is 7.46. The van der Waals surface area contributed by atoms with Crippen LogP contribution in [-0.2, 0) is 28.2 Å². The fraction of sp³-hybridized carbons (Fsp3) is 0.600. The molecule has 0 saturated carbocycles. The van der Waals surface area contributed by atoms with Crippen molar-refractivity contribution in [2.45, 2.75) is 83.5 Å². The predicted molar refractivity (Wildman–Crippen MR) is 136 cm³/mol. The summed E-state index contributed by atoms with van der Waals surface area (Å²) >= 11 is 0. The lowest BCUT2D eigenvalue weighted by Gasteiger charge is -2.18. The number of carbonyl (C=O) groups is 2. The first-order chi connectivity index (χ1) is 17.0. The van der Waals surface area contributed by atoms with E-state index >= 15 is 0 Å². The van der Waals surface area contributed by atoms with Gasteiger partial charge in [0.1, 0.15) is 6.61 Å². The molecule has 0 heterocycles. The van der Waals surface area contributed by atoms with E-state index in [9.17, 15) is 24.4 Å². The van der Waals surface area contributed by atoms with Crippen molar-refractivity contribution in [3.63, 3.8) is 0 Å². The highest BCUT2D eigenvalue weighted by Crippen LogP contribution is 2.35. The van der Waals surface area contributed by atoms with Gasteiger partial charge in [0, 0.05) is 13.3 Å². The van der Waals surface area contributed by atoms with Gasteiger partial charge in [-0.2, -0.15) is 0 Å². The molecule has 0 spiro atoms. The summed E-state index contributed by atoms with van der Waals surface area (Å²) < 4.78 is 24.8. The summed E-state index contributed by atoms with van der Waals surface area (Å²) in [5, 5.41) is 20.1. The number of phosphoric ester groups is 1. The van der Waals surface area contributed by atoms with E-state index in [1.807, 2.05) is 12.2 Å². The van der Waals surface area contributed by atoms with E-state index in [-0.39, 0.29) is 25.7 Å². The second-order valence-electron chi connectivity index (χ2n) is 7.96. The third-order valence-corrected chi connectivity index (χ3v) is 5.10. The summed E-state index contributed by atoms with van der Waals surface area (Å²) in [5.74, 6) is -1.38. The van der Waals surface area contributed by atoms with Gasteiger partial charge in [-0.3, -0.25) is 14.1 Å². The molecule has 3 atom stereocenters. The molecule has 0 aliphatic heterocycles. The van der Waals surface area contributed by atoms with Crippen LogP contribution in [0.15, 0.2) is 48.6 Å². The largest absolute Gasteiger partial charge is 0.469 e. The quantitative estimate of drug-likeness (QED) is 0.103. The van der Waals surface area contributed by atoms with Crippen molar-refractivity contribution in [2.24, 2.45) is 0 Å². The maximum Gasteiger partial charge on any atom is 0.469 e. The Hall–Kier alpha value is -2.07. The van der Waals surface area contributed by atoms with Crippen molar-refractivity contribution in [3.05, 3.63) is 48.6 Å². The van der Waals surface area contributed by atoms with Crippen LogP contribution >= 0.6 is 7.82 Å². The van der Waals surface area contributed by atoms with Gasteiger partial charge in [0.25, 0.3) is 0 Å². The Morgan fingerprint density at radius 1 is 0.861 bits per heavy atom. The number of carbonyl (C=O) groups excluding carboxylic acids is 2. The minimum Gasteiger partial charge on any atom is -0.462 e. The maximum atomic E-state index is 11.9. The highest BCUT2D eigenvalue weighted by Gasteiger charge is 2.22. The summed E-state index contributed by atoms with van der Waals surface area (Å²) in [5.41, 5.74) is 0. The lowest BCUT2D eigenvalue weighted by molar-refractivity contribution is -0.159. The SMILES string of the molecule is CC/C=C\C/C=C\C/C=C\C/C=C\C[C@H](O)[C@@H](O)CCCC(=O)OC[C@H](COP(=O)(O)O)OC(C)=O. The van der Waals surface area contributed by atoms with E-state index in [4.69, 9.17) is 19.3 Å². The minimum atomic E-state index is -4.77. The molecule has 0 amide bonds. The second-order valence-corrected chi connectivity index (χ2v) is 9.20. The molecule has 0 unspecified atom stereocenters. The normalized spacial score (nSPS) is 15.2. The number of esters is 2. The number of aliphatic hydroxyl groups excluding tert-OH is 2. The number of hydrogen-bond acceptors (Lipinski definition) is 8. The first kappa shape index (κ1) is 33.9. The molecule has 11 heteroatoms. The molecule has 206 valence electrons. The standard InChI is InChI=1S/C25H41O10P/c1-3-4-5-6-7-8-9-10-11-12-13-14-16-23(27)24(28)17-15-18-25(29)33-19-22(35-21(2)26)20-34-36(30,31)32/h4-5,7-8,10-11,13-14,22-24,27-28H,3,6,9,12,15-20H2,1-2H3,(H2,30,31,32)/b5-4-,8-7-,11-10-,14-13-/t22-,23+,24+/m1/s1. The predicted octanol–water partition coefficient (Wildman–Crippen LogP) is 3.66. The average molecular weight is 533 g/mol. The van der Waals surface area contributed by atoms with Gasteiger partial charge in [-0.1, -0.05) is 55.5 Å². The van der Waals surface area contributed by atoms with Gasteiger partial charge in [-0.15, -0.1) is 0 Å². The summed E-state index contributed by atoms with van der Waals surface area (Å²) in [6.45, 7) is 2.12. The molecule has 4 N–H and O–H groups in total. The molecule has 0 radical (unpaired) electrons. The number of ether oxygens (including phenoxy) is 2. The van der Waals surface area contributed by atoms with Crippen molar-refractivity contribution >= 4 is 19.8 Å². The third-order valence-electron chi connectivity index (χ3n) is 4.61. The van der Waals surface area contributed by atoms with Crippen molar-refractivity contribution < 1.29 is 48.2 Å². The zero-order valence-corrected chi connectivity index (χ0v) is 22.0. The number of allylic oxidation sites excluding steroid dienone is 7. The molecule has 0 rings (SSSR count). The Balaban J connectivity index is 4.08. The van der Waals surface area contributed by atoms with E-state index in [0.717, 1.165) is 32.6 Å². The number of rotatable bonds is 20. The number of aliphatic hydroxyl groups is 2. The van der Waals surface area contributed by atoms with Crippen molar-refractivity contribution in [1.82, 2.24) is 0 Å². The Kier molecular flexibility index (Phi) is 19.8. The van der Waals surface area contributed by atoms with Crippen molar-refractivity contribution in [1.29, 1.82) is 0 Å². The topological polar surface area (TPSA) is 160 Å². The van der Waals surface area contributed by atoms with E-state index in [0.29, 0.717) is 0 Å². The molecular weight excluding hydrogens is 491 g/mol. The molecular formula is C25H41O10P. The zero-order chi connectivity index (χ0) is 27.2. The summed E-state index contributed by atoms with van der Waals surface area (Å²) in [6, 6.07) is 0. The molecule has 0 aliphatic rings. The molecule has 10 nitrogen and oxygen atoms in total. The Bertz CT molecular complexity index is 769. The smallest absolute Gasteiger partial charge is 0.462 e. The molecule has 0 aromatic rings. The fourth-order valence-electron chi connectivity index (χ4n) is 2.81. The van der Waals surface area contributed by atoms with Gasteiger partial charge in [-0.25, -0.2) is 4.57 Å². The molecule has 0 aliphatic carbocycles.